The zero-order valence-electron chi connectivity index (χ0n) is 14.7. The molecule has 0 bridgehead atoms. The van der Waals surface area contributed by atoms with Crippen LogP contribution in [0.1, 0.15) is 60.7 Å². The van der Waals surface area contributed by atoms with Gasteiger partial charge >= 0.3 is 6.18 Å². The predicted molar refractivity (Wildman–Crippen MR) is 90.0 cm³/mol. The van der Waals surface area contributed by atoms with Crippen molar-refractivity contribution < 1.29 is 27.1 Å². The third kappa shape index (κ3) is 3.47. The van der Waals surface area contributed by atoms with Crippen LogP contribution >= 0.6 is 0 Å². The molecule has 2 atom stereocenters. The van der Waals surface area contributed by atoms with Crippen LogP contribution < -0.4 is 0 Å². The second-order valence-electron chi connectivity index (χ2n) is 7.33. The van der Waals surface area contributed by atoms with Crippen LogP contribution in [0.3, 0.4) is 0 Å². The van der Waals surface area contributed by atoms with Crippen molar-refractivity contribution in [2.45, 2.75) is 57.3 Å². The highest BCUT2D eigenvalue weighted by molar-refractivity contribution is 6.04. The Bertz CT molecular complexity index is 869. The molecule has 4 nitrogen and oxygen atoms in total. The van der Waals surface area contributed by atoms with E-state index < -0.39 is 30.1 Å². The number of halogens is 4. The van der Waals surface area contributed by atoms with E-state index in [-0.39, 0.29) is 23.7 Å². The van der Waals surface area contributed by atoms with Crippen molar-refractivity contribution in [3.05, 3.63) is 29.2 Å². The van der Waals surface area contributed by atoms with Crippen LogP contribution in [0.2, 0.25) is 0 Å². The quantitative estimate of drug-likeness (QED) is 0.543. The van der Waals surface area contributed by atoms with E-state index in [1.165, 1.54) is 10.9 Å². The number of aryl methyl sites for hydroxylation is 1. The summed E-state index contributed by atoms with van der Waals surface area (Å²) in [5.41, 5.74) is 0.932. The summed E-state index contributed by atoms with van der Waals surface area (Å²) in [6.07, 6.45) is -0.782. The lowest BCUT2D eigenvalue weighted by Crippen LogP contribution is -2.22. The number of aromatic nitrogens is 2. The molecule has 2 heterocycles. The standard InChI is InChI=1S/C19H20F4N2O2/c20-15-8-13-12(5-3-4-11(18(13)26)9-19(21,22)23)14-10-24-25(17(14)15)16-6-1-2-7-27-16/h8,10-11,16H,1-7,9H2. The van der Waals surface area contributed by atoms with Crippen LogP contribution in [-0.2, 0) is 11.2 Å². The second-order valence-corrected chi connectivity index (χ2v) is 7.33. The molecule has 1 fully saturated rings. The fourth-order valence-electron chi connectivity index (χ4n) is 4.22. The summed E-state index contributed by atoms with van der Waals surface area (Å²) in [5, 5.41) is 4.78. The Morgan fingerprint density at radius 2 is 2.04 bits per heavy atom. The number of carbonyl (C=O) groups is 1. The molecule has 1 aliphatic carbocycles. The van der Waals surface area contributed by atoms with E-state index in [0.29, 0.717) is 30.4 Å². The molecule has 1 aromatic carbocycles. The van der Waals surface area contributed by atoms with Gasteiger partial charge in [0, 0.05) is 23.5 Å². The Balaban J connectivity index is 1.77. The summed E-state index contributed by atoms with van der Waals surface area (Å²) in [7, 11) is 0. The number of Topliss-reactive ketones (excluding diaryl/α,β-unsaturated/α-hetero) is 1. The van der Waals surface area contributed by atoms with Gasteiger partial charge in [-0.05, 0) is 50.2 Å². The normalized spacial score (nSPS) is 24.1. The molecule has 27 heavy (non-hydrogen) atoms. The average Bonchev–Trinajstić information content (AvgIpc) is 3.01. The first-order valence-corrected chi connectivity index (χ1v) is 9.26. The minimum Gasteiger partial charge on any atom is -0.356 e. The molecule has 0 spiro atoms. The maximum Gasteiger partial charge on any atom is 0.389 e. The van der Waals surface area contributed by atoms with Crippen molar-refractivity contribution in [3.63, 3.8) is 0 Å². The van der Waals surface area contributed by atoms with Crippen LogP contribution in [0, 0.1) is 11.7 Å². The van der Waals surface area contributed by atoms with Crippen molar-refractivity contribution in [1.29, 1.82) is 0 Å². The van der Waals surface area contributed by atoms with Crippen LogP contribution in [0.25, 0.3) is 10.9 Å². The molecule has 8 heteroatoms. The third-order valence-corrected chi connectivity index (χ3v) is 5.46. The molecule has 1 aromatic heterocycles. The summed E-state index contributed by atoms with van der Waals surface area (Å²) in [4.78, 5) is 12.7. The summed E-state index contributed by atoms with van der Waals surface area (Å²) < 4.78 is 60.5. The molecular weight excluding hydrogens is 364 g/mol. The Labute approximate surface area is 153 Å². The molecule has 146 valence electrons. The van der Waals surface area contributed by atoms with Crippen LogP contribution in [-0.4, -0.2) is 28.3 Å². The predicted octanol–water partition coefficient (Wildman–Crippen LogP) is 4.96. The molecule has 4 rings (SSSR count). The van der Waals surface area contributed by atoms with Gasteiger partial charge in [0.05, 0.1) is 12.6 Å². The van der Waals surface area contributed by atoms with Gasteiger partial charge in [0.15, 0.2) is 12.0 Å². The number of hydrogen-bond donors (Lipinski definition) is 0. The summed E-state index contributed by atoms with van der Waals surface area (Å²) in [6, 6.07) is 1.09. The Hall–Kier alpha value is -1.96. The van der Waals surface area contributed by atoms with Crippen LogP contribution in [0.4, 0.5) is 17.6 Å². The molecule has 1 aliphatic heterocycles. The Kier molecular flexibility index (Phi) is 4.70. The molecule has 0 saturated carbocycles. The molecular formula is C19H20F4N2O2. The van der Waals surface area contributed by atoms with Gasteiger partial charge < -0.3 is 4.74 Å². The van der Waals surface area contributed by atoms with E-state index in [1.807, 2.05) is 0 Å². The lowest BCUT2D eigenvalue weighted by Gasteiger charge is -2.23. The van der Waals surface area contributed by atoms with Gasteiger partial charge in [-0.25, -0.2) is 9.07 Å². The van der Waals surface area contributed by atoms with E-state index in [9.17, 15) is 22.4 Å². The zero-order valence-corrected chi connectivity index (χ0v) is 14.7. The molecule has 2 aliphatic rings. The number of benzene rings is 1. The van der Waals surface area contributed by atoms with E-state index >= 15 is 0 Å². The number of carbonyl (C=O) groups excluding carboxylic acids is 1. The number of ether oxygens (including phenoxy) is 1. The van der Waals surface area contributed by atoms with Gasteiger partial charge in [-0.1, -0.05) is 0 Å². The summed E-state index contributed by atoms with van der Waals surface area (Å²) >= 11 is 0. The van der Waals surface area contributed by atoms with Crippen molar-refractivity contribution in [3.8, 4) is 0 Å². The van der Waals surface area contributed by atoms with E-state index in [1.54, 1.807) is 0 Å². The molecule has 1 saturated heterocycles. The minimum absolute atomic E-state index is 0.0656. The first-order chi connectivity index (χ1) is 12.8. The second kappa shape index (κ2) is 6.89. The maximum atomic E-state index is 14.9. The fourth-order valence-corrected chi connectivity index (χ4v) is 4.22. The molecule has 0 radical (unpaired) electrons. The van der Waals surface area contributed by atoms with Crippen LogP contribution in [0.5, 0.6) is 0 Å². The number of alkyl halides is 3. The van der Waals surface area contributed by atoms with E-state index in [4.69, 9.17) is 4.74 Å². The van der Waals surface area contributed by atoms with Crippen molar-refractivity contribution in [2.75, 3.05) is 6.61 Å². The van der Waals surface area contributed by atoms with Gasteiger partial charge in [0.1, 0.15) is 11.3 Å². The van der Waals surface area contributed by atoms with Crippen molar-refractivity contribution in [2.24, 2.45) is 5.92 Å². The van der Waals surface area contributed by atoms with Crippen molar-refractivity contribution in [1.82, 2.24) is 9.78 Å². The summed E-state index contributed by atoms with van der Waals surface area (Å²) in [5.74, 6) is -2.42. The van der Waals surface area contributed by atoms with E-state index in [0.717, 1.165) is 25.3 Å². The van der Waals surface area contributed by atoms with Gasteiger partial charge in [-0.2, -0.15) is 18.3 Å². The van der Waals surface area contributed by atoms with E-state index in [2.05, 4.69) is 5.10 Å². The highest BCUT2D eigenvalue weighted by atomic mass is 19.4. The largest absolute Gasteiger partial charge is 0.389 e. The zero-order chi connectivity index (χ0) is 19.2. The first kappa shape index (κ1) is 18.4. The third-order valence-electron chi connectivity index (χ3n) is 5.46. The lowest BCUT2D eigenvalue weighted by atomic mass is 9.91. The Morgan fingerprint density at radius 3 is 2.74 bits per heavy atom. The lowest BCUT2D eigenvalue weighted by molar-refractivity contribution is -0.141. The van der Waals surface area contributed by atoms with Gasteiger partial charge in [-0.3, -0.25) is 4.79 Å². The maximum absolute atomic E-state index is 14.9. The average molecular weight is 384 g/mol. The van der Waals surface area contributed by atoms with Gasteiger partial charge in [0.25, 0.3) is 0 Å². The van der Waals surface area contributed by atoms with Gasteiger partial charge in [0.2, 0.25) is 0 Å². The smallest absolute Gasteiger partial charge is 0.356 e. The number of nitrogens with zero attached hydrogens (tertiary/aromatic N) is 2. The topological polar surface area (TPSA) is 44.1 Å². The van der Waals surface area contributed by atoms with Crippen LogP contribution in [0.15, 0.2) is 12.3 Å². The highest BCUT2D eigenvalue weighted by Gasteiger charge is 2.38. The minimum atomic E-state index is -4.42. The SMILES string of the molecule is O=C1c2cc(F)c3c(cnn3C3CCCCO3)c2CCCC1CC(F)(F)F. The summed E-state index contributed by atoms with van der Waals surface area (Å²) in [6.45, 7) is 0.580. The number of rotatable bonds is 2. The number of hydrogen-bond acceptors (Lipinski definition) is 3. The van der Waals surface area contributed by atoms with Gasteiger partial charge in [-0.15, -0.1) is 0 Å². The first-order valence-electron chi connectivity index (χ1n) is 9.26. The fraction of sp³-hybridized carbons (Fsp3) is 0.579. The molecule has 2 aromatic rings. The monoisotopic (exact) mass is 384 g/mol. The molecule has 2 unspecified atom stereocenters. The molecule has 0 N–H and O–H groups in total. The number of fused-ring (bicyclic) bond motifs is 3. The Morgan fingerprint density at radius 1 is 1.22 bits per heavy atom. The highest BCUT2D eigenvalue weighted by Crippen LogP contribution is 2.37. The number of ketones is 1. The van der Waals surface area contributed by atoms with Crippen molar-refractivity contribution >= 4 is 16.7 Å². The molecule has 0 amide bonds.